The number of amides is 1. The summed E-state index contributed by atoms with van der Waals surface area (Å²) in [6.07, 6.45) is 3.26. The molecule has 1 saturated carbocycles. The molecule has 0 aromatic heterocycles. The zero-order valence-corrected chi connectivity index (χ0v) is 14.0. The predicted octanol–water partition coefficient (Wildman–Crippen LogP) is 2.53. The van der Waals surface area contributed by atoms with Crippen molar-refractivity contribution in [1.82, 2.24) is 5.32 Å². The maximum absolute atomic E-state index is 12.3. The van der Waals surface area contributed by atoms with Crippen LogP contribution in [-0.4, -0.2) is 31.1 Å². The van der Waals surface area contributed by atoms with Crippen molar-refractivity contribution in [3.63, 3.8) is 0 Å². The first kappa shape index (κ1) is 17.4. The quantitative estimate of drug-likeness (QED) is 0.635. The van der Waals surface area contributed by atoms with Crippen LogP contribution in [0, 0.1) is 0 Å². The standard InChI is InChI=1S/C16H21ClN2O4/c1-9(15(20)19-10-5-3-4-6-10)23-16(21)11-7-12(17)13(18)8-14(11)22-2/h7-10H,3-6,18H2,1-2H3,(H,19,20). The highest BCUT2D eigenvalue weighted by Gasteiger charge is 2.25. The Morgan fingerprint density at radius 2 is 2.00 bits per heavy atom. The Balaban J connectivity index is 2.03. The van der Waals surface area contributed by atoms with Crippen molar-refractivity contribution in [3.05, 3.63) is 22.7 Å². The molecule has 1 fully saturated rings. The summed E-state index contributed by atoms with van der Waals surface area (Å²) in [5, 5.41) is 3.11. The van der Waals surface area contributed by atoms with Gasteiger partial charge in [-0.2, -0.15) is 0 Å². The molecule has 1 aliphatic rings. The Kier molecular flexibility index (Phi) is 5.71. The van der Waals surface area contributed by atoms with Crippen molar-refractivity contribution < 1.29 is 19.1 Å². The number of nitrogens with one attached hydrogen (secondary N) is 1. The Bertz CT molecular complexity index is 600. The minimum atomic E-state index is -0.899. The first-order valence-electron chi connectivity index (χ1n) is 7.56. The van der Waals surface area contributed by atoms with Gasteiger partial charge in [-0.1, -0.05) is 24.4 Å². The summed E-state index contributed by atoms with van der Waals surface area (Å²) in [5.74, 6) is -0.733. The molecule has 2 rings (SSSR count). The van der Waals surface area contributed by atoms with Gasteiger partial charge in [0.25, 0.3) is 5.91 Å². The number of benzene rings is 1. The molecule has 1 aliphatic carbocycles. The van der Waals surface area contributed by atoms with Gasteiger partial charge in [-0.25, -0.2) is 4.79 Å². The average molecular weight is 341 g/mol. The highest BCUT2D eigenvalue weighted by molar-refractivity contribution is 6.33. The summed E-state index contributed by atoms with van der Waals surface area (Å²) in [4.78, 5) is 24.3. The third kappa shape index (κ3) is 4.28. The number of carbonyl (C=O) groups is 2. The molecule has 1 atom stereocenters. The van der Waals surface area contributed by atoms with Crippen LogP contribution in [0.2, 0.25) is 5.02 Å². The molecule has 1 aromatic rings. The van der Waals surface area contributed by atoms with Crippen molar-refractivity contribution in [2.45, 2.75) is 44.8 Å². The van der Waals surface area contributed by atoms with Crippen molar-refractivity contribution in [3.8, 4) is 5.75 Å². The summed E-state index contributed by atoms with van der Waals surface area (Å²) in [6, 6.07) is 2.99. The largest absolute Gasteiger partial charge is 0.496 e. The molecule has 6 nitrogen and oxygen atoms in total. The number of nitrogen functional groups attached to an aromatic ring is 1. The molecule has 23 heavy (non-hydrogen) atoms. The van der Waals surface area contributed by atoms with Crippen molar-refractivity contribution in [1.29, 1.82) is 0 Å². The van der Waals surface area contributed by atoms with E-state index < -0.39 is 12.1 Å². The van der Waals surface area contributed by atoms with Crippen LogP contribution in [0.25, 0.3) is 0 Å². The topological polar surface area (TPSA) is 90.7 Å². The van der Waals surface area contributed by atoms with E-state index in [1.165, 1.54) is 26.2 Å². The first-order valence-corrected chi connectivity index (χ1v) is 7.94. The molecule has 1 unspecified atom stereocenters. The third-order valence-electron chi connectivity index (χ3n) is 3.89. The molecule has 0 bridgehead atoms. The molecular weight excluding hydrogens is 320 g/mol. The molecule has 0 saturated heterocycles. The number of carbonyl (C=O) groups excluding carboxylic acids is 2. The Hall–Kier alpha value is -1.95. The zero-order valence-electron chi connectivity index (χ0n) is 13.2. The van der Waals surface area contributed by atoms with E-state index >= 15 is 0 Å². The SMILES string of the molecule is COc1cc(N)c(Cl)cc1C(=O)OC(C)C(=O)NC1CCCC1. The van der Waals surface area contributed by atoms with E-state index in [0.29, 0.717) is 5.69 Å². The fourth-order valence-corrected chi connectivity index (χ4v) is 2.73. The number of nitrogens with two attached hydrogens (primary N) is 1. The second-order valence-electron chi connectivity index (χ2n) is 5.61. The van der Waals surface area contributed by atoms with E-state index in [2.05, 4.69) is 5.32 Å². The molecule has 126 valence electrons. The molecule has 0 aliphatic heterocycles. The second-order valence-corrected chi connectivity index (χ2v) is 6.02. The van der Waals surface area contributed by atoms with E-state index in [9.17, 15) is 9.59 Å². The van der Waals surface area contributed by atoms with Crippen LogP contribution in [0.5, 0.6) is 5.75 Å². The van der Waals surface area contributed by atoms with E-state index in [1.807, 2.05) is 0 Å². The number of hydrogen-bond acceptors (Lipinski definition) is 5. The lowest BCUT2D eigenvalue weighted by atomic mass is 10.1. The lowest BCUT2D eigenvalue weighted by Gasteiger charge is -2.18. The lowest BCUT2D eigenvalue weighted by Crippen LogP contribution is -2.40. The monoisotopic (exact) mass is 340 g/mol. The number of esters is 1. The van der Waals surface area contributed by atoms with Gasteiger partial charge in [0.05, 0.1) is 17.8 Å². The molecule has 0 heterocycles. The second kappa shape index (κ2) is 7.55. The summed E-state index contributed by atoms with van der Waals surface area (Å²) < 4.78 is 10.3. The van der Waals surface area contributed by atoms with Crippen molar-refractivity contribution in [2.75, 3.05) is 12.8 Å². The van der Waals surface area contributed by atoms with E-state index in [1.54, 1.807) is 0 Å². The maximum Gasteiger partial charge on any atom is 0.342 e. The average Bonchev–Trinajstić information content (AvgIpc) is 3.02. The van der Waals surface area contributed by atoms with Gasteiger partial charge in [0.1, 0.15) is 11.3 Å². The van der Waals surface area contributed by atoms with Gasteiger partial charge in [-0.05, 0) is 25.8 Å². The summed E-state index contributed by atoms with van der Waals surface area (Å²) >= 11 is 5.93. The zero-order chi connectivity index (χ0) is 17.0. The number of anilines is 1. The molecule has 7 heteroatoms. The third-order valence-corrected chi connectivity index (χ3v) is 4.22. The van der Waals surface area contributed by atoms with Crippen LogP contribution in [0.1, 0.15) is 43.0 Å². The van der Waals surface area contributed by atoms with Crippen LogP contribution in [-0.2, 0) is 9.53 Å². The van der Waals surface area contributed by atoms with Crippen molar-refractivity contribution in [2.24, 2.45) is 0 Å². The molecule has 1 aromatic carbocycles. The van der Waals surface area contributed by atoms with Gasteiger partial charge in [0.2, 0.25) is 0 Å². The van der Waals surface area contributed by atoms with Gasteiger partial charge in [0, 0.05) is 12.1 Å². The maximum atomic E-state index is 12.3. The highest BCUT2D eigenvalue weighted by atomic mass is 35.5. The van der Waals surface area contributed by atoms with E-state index in [0.717, 1.165) is 25.7 Å². The number of ether oxygens (including phenoxy) is 2. The fraction of sp³-hybridized carbons (Fsp3) is 0.500. The fourth-order valence-electron chi connectivity index (χ4n) is 2.56. The number of methoxy groups -OCH3 is 1. The van der Waals surface area contributed by atoms with Gasteiger partial charge >= 0.3 is 5.97 Å². The molecule has 1 amide bonds. The predicted molar refractivity (Wildman–Crippen MR) is 87.7 cm³/mol. The smallest absolute Gasteiger partial charge is 0.342 e. The number of rotatable bonds is 5. The van der Waals surface area contributed by atoms with Crippen molar-refractivity contribution >= 4 is 29.2 Å². The normalized spacial score (nSPS) is 16.0. The van der Waals surface area contributed by atoms with Crippen LogP contribution in [0.3, 0.4) is 0 Å². The van der Waals surface area contributed by atoms with E-state index in [-0.39, 0.29) is 28.3 Å². The van der Waals surface area contributed by atoms with Gasteiger partial charge < -0.3 is 20.5 Å². The molecular formula is C16H21ClN2O4. The Labute approximate surface area is 140 Å². The summed E-state index contributed by atoms with van der Waals surface area (Å²) in [7, 11) is 1.41. The first-order chi connectivity index (χ1) is 10.9. The Morgan fingerprint density at radius 3 is 2.61 bits per heavy atom. The Morgan fingerprint density at radius 1 is 1.35 bits per heavy atom. The van der Waals surface area contributed by atoms with Crippen LogP contribution >= 0.6 is 11.6 Å². The summed E-state index contributed by atoms with van der Waals surface area (Å²) in [5.41, 5.74) is 6.11. The van der Waals surface area contributed by atoms with Gasteiger partial charge in [0.15, 0.2) is 6.10 Å². The van der Waals surface area contributed by atoms with Crippen LogP contribution < -0.4 is 15.8 Å². The van der Waals surface area contributed by atoms with Gasteiger partial charge in [-0.3, -0.25) is 4.79 Å². The van der Waals surface area contributed by atoms with E-state index in [4.69, 9.17) is 26.8 Å². The van der Waals surface area contributed by atoms with Gasteiger partial charge in [-0.15, -0.1) is 0 Å². The minimum Gasteiger partial charge on any atom is -0.496 e. The summed E-state index contributed by atoms with van der Waals surface area (Å²) in [6.45, 7) is 1.54. The molecule has 0 radical (unpaired) electrons. The highest BCUT2D eigenvalue weighted by Crippen LogP contribution is 2.29. The van der Waals surface area contributed by atoms with Crippen LogP contribution in [0.15, 0.2) is 12.1 Å². The minimum absolute atomic E-state index is 0.132. The molecule has 3 N–H and O–H groups in total. The van der Waals surface area contributed by atoms with Crippen LogP contribution in [0.4, 0.5) is 5.69 Å². The lowest BCUT2D eigenvalue weighted by molar-refractivity contribution is -0.129. The molecule has 0 spiro atoms. The number of halogens is 1. The number of hydrogen-bond donors (Lipinski definition) is 2.